The minimum Gasteiger partial charge on any atom is -0.378 e. The van der Waals surface area contributed by atoms with Crippen molar-refractivity contribution in [2.24, 2.45) is 0 Å². The Morgan fingerprint density at radius 1 is 1.18 bits per heavy atom. The third-order valence-corrected chi connectivity index (χ3v) is 4.53. The predicted molar refractivity (Wildman–Crippen MR) is 111 cm³/mol. The van der Waals surface area contributed by atoms with E-state index in [0.29, 0.717) is 32.0 Å². The van der Waals surface area contributed by atoms with Crippen LogP contribution in [0.3, 0.4) is 0 Å². The molecule has 9 heteroatoms. The number of nitro groups is 1. The Balaban J connectivity index is 1.72. The van der Waals surface area contributed by atoms with Crippen molar-refractivity contribution < 1.29 is 14.5 Å². The van der Waals surface area contributed by atoms with Crippen molar-refractivity contribution in [3.05, 3.63) is 63.7 Å². The Labute approximate surface area is 167 Å². The topological polar surface area (TPSA) is 96.7 Å². The molecule has 1 aliphatic heterocycles. The summed E-state index contributed by atoms with van der Waals surface area (Å²) >= 11 is 5.16. The molecule has 2 aromatic rings. The van der Waals surface area contributed by atoms with E-state index in [9.17, 15) is 14.9 Å². The molecule has 0 aliphatic carbocycles. The van der Waals surface area contributed by atoms with E-state index in [2.05, 4.69) is 10.6 Å². The summed E-state index contributed by atoms with van der Waals surface area (Å²) in [6.07, 6.45) is 0. The molecule has 2 aromatic carbocycles. The second-order valence-corrected chi connectivity index (χ2v) is 6.74. The van der Waals surface area contributed by atoms with Gasteiger partial charge < -0.3 is 15.0 Å². The molecular weight excluding hydrogens is 380 g/mol. The van der Waals surface area contributed by atoms with E-state index < -0.39 is 10.8 Å². The highest BCUT2D eigenvalue weighted by Gasteiger charge is 2.23. The van der Waals surface area contributed by atoms with Gasteiger partial charge in [0.15, 0.2) is 5.11 Å². The molecule has 1 saturated heterocycles. The number of carbonyl (C=O) groups is 1. The van der Waals surface area contributed by atoms with Crippen molar-refractivity contribution in [3.8, 4) is 0 Å². The first kappa shape index (κ1) is 19.7. The van der Waals surface area contributed by atoms with Gasteiger partial charge in [-0.25, -0.2) is 0 Å². The average molecular weight is 400 g/mol. The molecule has 0 aromatic heterocycles. The summed E-state index contributed by atoms with van der Waals surface area (Å²) in [7, 11) is 0. The number of hydrogen-bond acceptors (Lipinski definition) is 6. The van der Waals surface area contributed by atoms with Crippen molar-refractivity contribution >= 4 is 40.3 Å². The summed E-state index contributed by atoms with van der Waals surface area (Å²) in [5.74, 6) is -0.513. The fourth-order valence-corrected chi connectivity index (χ4v) is 3.07. The smallest absolute Gasteiger partial charge is 0.293 e. The van der Waals surface area contributed by atoms with Crippen LogP contribution in [0.4, 0.5) is 17.1 Å². The van der Waals surface area contributed by atoms with Gasteiger partial charge in [-0.1, -0.05) is 17.7 Å². The molecule has 0 saturated carbocycles. The molecule has 0 bridgehead atoms. The number of nitrogens with one attached hydrogen (secondary N) is 2. The summed E-state index contributed by atoms with van der Waals surface area (Å²) in [6.45, 7) is 4.13. The van der Waals surface area contributed by atoms with Crippen LogP contribution in [0.2, 0.25) is 0 Å². The van der Waals surface area contributed by atoms with Gasteiger partial charge in [0.25, 0.3) is 11.6 Å². The largest absolute Gasteiger partial charge is 0.378 e. The van der Waals surface area contributed by atoms with Crippen LogP contribution in [0.25, 0.3) is 0 Å². The van der Waals surface area contributed by atoms with Gasteiger partial charge in [-0.2, -0.15) is 0 Å². The fourth-order valence-electron chi connectivity index (χ4n) is 2.86. The average Bonchev–Trinajstić information content (AvgIpc) is 2.69. The molecule has 2 N–H and O–H groups in total. The Kier molecular flexibility index (Phi) is 6.17. The van der Waals surface area contributed by atoms with Gasteiger partial charge in [0, 0.05) is 30.4 Å². The summed E-state index contributed by atoms with van der Waals surface area (Å²) in [6, 6.07) is 11.9. The lowest BCUT2D eigenvalue weighted by atomic mass is 10.1. The van der Waals surface area contributed by atoms with Crippen molar-refractivity contribution in [1.29, 1.82) is 0 Å². The number of thiocarbonyl (C=S) groups is 1. The van der Waals surface area contributed by atoms with E-state index in [-0.39, 0.29) is 16.4 Å². The van der Waals surface area contributed by atoms with Gasteiger partial charge in [0.2, 0.25) is 0 Å². The number of benzene rings is 2. The highest BCUT2D eigenvalue weighted by molar-refractivity contribution is 7.80. The van der Waals surface area contributed by atoms with E-state index in [0.717, 1.165) is 11.3 Å². The molecule has 1 heterocycles. The maximum atomic E-state index is 12.5. The molecule has 0 unspecified atom stereocenters. The minimum absolute atomic E-state index is 0.119. The molecule has 0 radical (unpaired) electrons. The highest BCUT2D eigenvalue weighted by atomic mass is 32.1. The third-order valence-electron chi connectivity index (χ3n) is 4.32. The molecule has 1 fully saturated rings. The third kappa shape index (κ3) is 4.81. The first-order valence-electron chi connectivity index (χ1n) is 8.74. The fraction of sp³-hybridized carbons (Fsp3) is 0.263. The number of morpholine rings is 1. The van der Waals surface area contributed by atoms with Crippen molar-refractivity contribution in [3.63, 3.8) is 0 Å². The van der Waals surface area contributed by atoms with Gasteiger partial charge in [0.05, 0.1) is 18.1 Å². The maximum Gasteiger partial charge on any atom is 0.293 e. The highest BCUT2D eigenvalue weighted by Crippen LogP contribution is 2.29. The van der Waals surface area contributed by atoms with Crippen molar-refractivity contribution in [1.82, 2.24) is 5.32 Å². The first-order valence-corrected chi connectivity index (χ1v) is 9.15. The van der Waals surface area contributed by atoms with Crippen LogP contribution in [-0.2, 0) is 4.74 Å². The van der Waals surface area contributed by atoms with E-state index in [1.54, 1.807) is 12.1 Å². The zero-order valence-corrected chi connectivity index (χ0v) is 16.1. The number of nitrogens with zero attached hydrogens (tertiary/aromatic N) is 2. The molecule has 8 nitrogen and oxygen atoms in total. The van der Waals surface area contributed by atoms with Crippen LogP contribution < -0.4 is 15.5 Å². The second kappa shape index (κ2) is 8.77. The Morgan fingerprint density at radius 3 is 2.50 bits per heavy atom. The van der Waals surface area contributed by atoms with Crippen LogP contribution in [0, 0.1) is 17.0 Å². The van der Waals surface area contributed by atoms with Gasteiger partial charge >= 0.3 is 0 Å². The normalized spacial score (nSPS) is 13.7. The van der Waals surface area contributed by atoms with Crippen molar-refractivity contribution in [2.45, 2.75) is 6.92 Å². The molecule has 28 heavy (non-hydrogen) atoms. The lowest BCUT2D eigenvalue weighted by Gasteiger charge is -2.28. The predicted octanol–water partition coefficient (Wildman–Crippen LogP) is 2.87. The monoisotopic (exact) mass is 400 g/mol. The molecule has 146 valence electrons. The maximum absolute atomic E-state index is 12.5. The van der Waals surface area contributed by atoms with Gasteiger partial charge in [0.1, 0.15) is 5.69 Å². The molecular formula is C19H20N4O4S. The first-order chi connectivity index (χ1) is 13.4. The number of carbonyl (C=O) groups excluding carboxylic acids is 1. The molecule has 1 amide bonds. The summed E-state index contributed by atoms with van der Waals surface area (Å²) < 4.78 is 5.29. The Hall–Kier alpha value is -3.04. The number of anilines is 2. The lowest BCUT2D eigenvalue weighted by molar-refractivity contribution is -0.384. The zero-order chi connectivity index (χ0) is 20.1. The number of nitro benzene ring substituents is 1. The van der Waals surface area contributed by atoms with Gasteiger partial charge in [-0.3, -0.25) is 20.2 Å². The Bertz CT molecular complexity index is 895. The summed E-state index contributed by atoms with van der Waals surface area (Å²) in [4.78, 5) is 25.4. The number of hydrogen-bond donors (Lipinski definition) is 2. The molecule has 1 aliphatic rings. The summed E-state index contributed by atoms with van der Waals surface area (Å²) in [5, 5.41) is 17.1. The number of rotatable bonds is 4. The lowest BCUT2D eigenvalue weighted by Crippen LogP contribution is -2.37. The van der Waals surface area contributed by atoms with Crippen LogP contribution in [0.1, 0.15) is 15.9 Å². The summed E-state index contributed by atoms with van der Waals surface area (Å²) in [5.41, 5.74) is 2.37. The quantitative estimate of drug-likeness (QED) is 0.463. The second-order valence-electron chi connectivity index (χ2n) is 6.33. The standard InChI is InChI=1S/C19H20N4O4S/c1-13-2-5-15(6-3-13)20-19(28)21-18(24)14-4-7-16(17(12-14)23(25)26)22-8-10-27-11-9-22/h2-7,12H,8-11H2,1H3,(H2,20,21,24,28). The van der Waals surface area contributed by atoms with Crippen LogP contribution in [-0.4, -0.2) is 42.2 Å². The van der Waals surface area contributed by atoms with Gasteiger partial charge in [-0.05, 0) is 43.4 Å². The Morgan fingerprint density at radius 2 is 1.86 bits per heavy atom. The SMILES string of the molecule is Cc1ccc(NC(=S)NC(=O)c2ccc(N3CCOCC3)c([N+](=O)[O-])c2)cc1. The molecule has 3 rings (SSSR count). The zero-order valence-electron chi connectivity index (χ0n) is 15.3. The van der Waals surface area contributed by atoms with E-state index in [1.807, 2.05) is 36.1 Å². The minimum atomic E-state index is -0.513. The van der Waals surface area contributed by atoms with E-state index in [4.69, 9.17) is 17.0 Å². The number of ether oxygens (including phenoxy) is 1. The van der Waals surface area contributed by atoms with E-state index in [1.165, 1.54) is 6.07 Å². The van der Waals surface area contributed by atoms with Crippen LogP contribution in [0.5, 0.6) is 0 Å². The van der Waals surface area contributed by atoms with Crippen LogP contribution >= 0.6 is 12.2 Å². The van der Waals surface area contributed by atoms with Gasteiger partial charge in [-0.15, -0.1) is 0 Å². The number of amides is 1. The van der Waals surface area contributed by atoms with Crippen molar-refractivity contribution in [2.75, 3.05) is 36.5 Å². The van der Waals surface area contributed by atoms with E-state index >= 15 is 0 Å². The van der Waals surface area contributed by atoms with Crippen LogP contribution in [0.15, 0.2) is 42.5 Å². The molecule has 0 spiro atoms. The molecule has 0 atom stereocenters. The number of aryl methyl sites for hydroxylation is 1.